The lowest BCUT2D eigenvalue weighted by atomic mass is 10.2. The lowest BCUT2D eigenvalue weighted by Gasteiger charge is -2.04. The largest absolute Gasteiger partial charge is 0.507 e. The van der Waals surface area contributed by atoms with Crippen LogP contribution in [0.2, 0.25) is 0 Å². The highest BCUT2D eigenvalue weighted by molar-refractivity contribution is 7.21. The van der Waals surface area contributed by atoms with Crippen molar-refractivity contribution in [3.63, 3.8) is 0 Å². The first-order valence-electron chi connectivity index (χ1n) is 5.71. The minimum atomic E-state index is 0.188. The molecule has 0 aliphatic rings. The predicted molar refractivity (Wildman–Crippen MR) is 77.7 cm³/mol. The van der Waals surface area contributed by atoms with Gasteiger partial charge in [-0.2, -0.15) is 0 Å². The van der Waals surface area contributed by atoms with Gasteiger partial charge in [-0.15, -0.1) is 11.3 Å². The lowest BCUT2D eigenvalue weighted by molar-refractivity contribution is 0.412. The number of nitrogens with zero attached hydrogens (tertiary/aromatic N) is 1. The number of hydrogen-bond donors (Lipinski definition) is 2. The van der Waals surface area contributed by atoms with Crippen molar-refractivity contribution >= 4 is 27.2 Å². The number of nitrogen functional groups attached to an aromatic ring is 1. The average molecular weight is 272 g/mol. The maximum atomic E-state index is 9.95. The summed E-state index contributed by atoms with van der Waals surface area (Å²) in [4.78, 5) is 4.51. The Balaban J connectivity index is 2.18. The lowest BCUT2D eigenvalue weighted by Crippen LogP contribution is -1.84. The number of methoxy groups -OCH3 is 1. The van der Waals surface area contributed by atoms with Gasteiger partial charge in [-0.25, -0.2) is 4.98 Å². The van der Waals surface area contributed by atoms with E-state index in [1.807, 2.05) is 18.2 Å². The average Bonchev–Trinajstić information content (AvgIpc) is 2.82. The van der Waals surface area contributed by atoms with Crippen LogP contribution in [0.4, 0.5) is 5.69 Å². The number of nitrogens with two attached hydrogens (primary N) is 1. The Morgan fingerprint density at radius 2 is 2.05 bits per heavy atom. The zero-order valence-electron chi connectivity index (χ0n) is 10.3. The van der Waals surface area contributed by atoms with Crippen LogP contribution < -0.4 is 10.5 Å². The molecule has 4 nitrogen and oxygen atoms in total. The van der Waals surface area contributed by atoms with Crippen molar-refractivity contribution in [3.8, 4) is 22.1 Å². The van der Waals surface area contributed by atoms with E-state index in [0.29, 0.717) is 17.0 Å². The van der Waals surface area contributed by atoms with Gasteiger partial charge in [0.05, 0.1) is 22.9 Å². The van der Waals surface area contributed by atoms with Gasteiger partial charge < -0.3 is 15.6 Å². The molecule has 19 heavy (non-hydrogen) atoms. The summed E-state index contributed by atoms with van der Waals surface area (Å²) < 4.78 is 6.17. The van der Waals surface area contributed by atoms with Gasteiger partial charge in [-0.05, 0) is 36.4 Å². The van der Waals surface area contributed by atoms with Gasteiger partial charge in [-0.3, -0.25) is 0 Å². The molecule has 0 saturated carbocycles. The molecular weight excluding hydrogens is 260 g/mol. The molecule has 0 aliphatic heterocycles. The Morgan fingerprint density at radius 3 is 2.84 bits per heavy atom. The van der Waals surface area contributed by atoms with Crippen LogP contribution in [0.15, 0.2) is 36.4 Å². The third-order valence-corrected chi connectivity index (χ3v) is 3.90. The number of benzene rings is 2. The molecule has 0 spiro atoms. The fourth-order valence-electron chi connectivity index (χ4n) is 1.87. The molecule has 2 aromatic carbocycles. The highest BCUT2D eigenvalue weighted by Crippen LogP contribution is 2.37. The molecule has 96 valence electrons. The quantitative estimate of drug-likeness (QED) is 0.703. The van der Waals surface area contributed by atoms with Crippen molar-refractivity contribution < 1.29 is 9.84 Å². The number of ether oxygens (including phenoxy) is 1. The fourth-order valence-corrected chi connectivity index (χ4v) is 2.91. The predicted octanol–water partition coefficient (Wildman–Crippen LogP) is 3.26. The normalized spacial score (nSPS) is 10.8. The maximum Gasteiger partial charge on any atom is 0.128 e. The highest BCUT2D eigenvalue weighted by atomic mass is 32.1. The SMILES string of the molecule is COc1ccc(O)c(-c2nc3ccc(N)cc3s2)c1. The van der Waals surface area contributed by atoms with E-state index in [-0.39, 0.29) is 5.75 Å². The van der Waals surface area contributed by atoms with Gasteiger partial charge in [0.1, 0.15) is 16.5 Å². The Kier molecular flexibility index (Phi) is 2.76. The van der Waals surface area contributed by atoms with E-state index >= 15 is 0 Å². The number of anilines is 1. The number of rotatable bonds is 2. The molecule has 0 saturated heterocycles. The van der Waals surface area contributed by atoms with Gasteiger partial charge in [-0.1, -0.05) is 0 Å². The summed E-state index contributed by atoms with van der Waals surface area (Å²) in [6.07, 6.45) is 0. The maximum absolute atomic E-state index is 9.95. The van der Waals surface area contributed by atoms with Crippen molar-refractivity contribution in [2.24, 2.45) is 0 Å². The summed E-state index contributed by atoms with van der Waals surface area (Å²) in [7, 11) is 1.59. The van der Waals surface area contributed by atoms with Crippen molar-refractivity contribution in [3.05, 3.63) is 36.4 Å². The zero-order chi connectivity index (χ0) is 13.4. The highest BCUT2D eigenvalue weighted by Gasteiger charge is 2.11. The van der Waals surface area contributed by atoms with E-state index in [1.54, 1.807) is 25.3 Å². The molecule has 0 amide bonds. The summed E-state index contributed by atoms with van der Waals surface area (Å²) in [6, 6.07) is 10.7. The molecule has 0 bridgehead atoms. The van der Waals surface area contributed by atoms with Crippen LogP contribution in [-0.4, -0.2) is 17.2 Å². The summed E-state index contributed by atoms with van der Waals surface area (Å²) in [6.45, 7) is 0. The molecule has 3 N–H and O–H groups in total. The summed E-state index contributed by atoms with van der Waals surface area (Å²) in [5, 5.41) is 10.7. The molecule has 1 heterocycles. The molecule has 5 heteroatoms. The van der Waals surface area contributed by atoms with Crippen LogP contribution >= 0.6 is 11.3 Å². The smallest absolute Gasteiger partial charge is 0.128 e. The topological polar surface area (TPSA) is 68.4 Å². The van der Waals surface area contributed by atoms with Crippen LogP contribution in [-0.2, 0) is 0 Å². The molecule has 3 aromatic rings. The number of thiazole rings is 1. The molecule has 0 unspecified atom stereocenters. The van der Waals surface area contributed by atoms with Gasteiger partial charge in [0.2, 0.25) is 0 Å². The summed E-state index contributed by atoms with van der Waals surface area (Å²) in [5.74, 6) is 0.874. The fraction of sp³-hybridized carbons (Fsp3) is 0.0714. The first-order chi connectivity index (χ1) is 9.17. The van der Waals surface area contributed by atoms with E-state index in [9.17, 15) is 5.11 Å². The number of aromatic nitrogens is 1. The number of hydrogen-bond acceptors (Lipinski definition) is 5. The minimum absolute atomic E-state index is 0.188. The third-order valence-electron chi connectivity index (χ3n) is 2.85. The van der Waals surface area contributed by atoms with Gasteiger partial charge >= 0.3 is 0 Å². The number of phenolic OH excluding ortho intramolecular Hbond substituents is 1. The molecule has 0 atom stereocenters. The standard InChI is InChI=1S/C14H12N2O2S/c1-18-9-3-5-12(17)10(7-9)14-16-11-4-2-8(15)6-13(11)19-14/h2-7,17H,15H2,1H3. The molecular formula is C14H12N2O2S. The second kappa shape index (κ2) is 4.44. The van der Waals surface area contributed by atoms with Crippen molar-refractivity contribution in [1.82, 2.24) is 4.98 Å². The van der Waals surface area contributed by atoms with Crippen molar-refractivity contribution in [1.29, 1.82) is 0 Å². The van der Waals surface area contributed by atoms with Gasteiger partial charge in [0.25, 0.3) is 0 Å². The van der Waals surface area contributed by atoms with E-state index in [2.05, 4.69) is 4.98 Å². The Bertz CT molecular complexity index is 752. The number of aromatic hydroxyl groups is 1. The Hall–Kier alpha value is -2.27. The Morgan fingerprint density at radius 1 is 1.21 bits per heavy atom. The second-order valence-electron chi connectivity index (χ2n) is 4.13. The van der Waals surface area contributed by atoms with Crippen LogP contribution in [0.25, 0.3) is 20.8 Å². The zero-order valence-corrected chi connectivity index (χ0v) is 11.1. The van der Waals surface area contributed by atoms with E-state index in [4.69, 9.17) is 10.5 Å². The molecule has 0 aliphatic carbocycles. The first-order valence-corrected chi connectivity index (χ1v) is 6.52. The van der Waals surface area contributed by atoms with Crippen LogP contribution in [0.5, 0.6) is 11.5 Å². The second-order valence-corrected chi connectivity index (χ2v) is 5.16. The van der Waals surface area contributed by atoms with E-state index < -0.39 is 0 Å². The van der Waals surface area contributed by atoms with Crippen LogP contribution in [0.1, 0.15) is 0 Å². The third kappa shape index (κ3) is 2.08. The van der Waals surface area contributed by atoms with Crippen molar-refractivity contribution in [2.45, 2.75) is 0 Å². The molecule has 1 aromatic heterocycles. The van der Waals surface area contributed by atoms with Crippen LogP contribution in [0, 0.1) is 0 Å². The minimum Gasteiger partial charge on any atom is -0.507 e. The Labute approximate surface area is 114 Å². The number of fused-ring (bicyclic) bond motifs is 1. The van der Waals surface area contributed by atoms with Crippen molar-refractivity contribution in [2.75, 3.05) is 12.8 Å². The molecule has 3 rings (SSSR count). The summed E-state index contributed by atoms with van der Waals surface area (Å²) in [5.41, 5.74) is 8.00. The van der Waals surface area contributed by atoms with Gasteiger partial charge in [0, 0.05) is 5.69 Å². The molecule has 0 radical (unpaired) electrons. The number of phenols is 1. The van der Waals surface area contributed by atoms with Gasteiger partial charge in [0.15, 0.2) is 0 Å². The van der Waals surface area contributed by atoms with Crippen LogP contribution in [0.3, 0.4) is 0 Å². The van der Waals surface area contributed by atoms with E-state index in [0.717, 1.165) is 15.2 Å². The molecule has 0 fully saturated rings. The first kappa shape index (κ1) is 11.8. The monoisotopic (exact) mass is 272 g/mol. The summed E-state index contributed by atoms with van der Waals surface area (Å²) >= 11 is 1.49. The van der Waals surface area contributed by atoms with E-state index in [1.165, 1.54) is 11.3 Å².